The summed E-state index contributed by atoms with van der Waals surface area (Å²) >= 11 is 0. The van der Waals surface area contributed by atoms with Crippen LogP contribution in [-0.4, -0.2) is 16.7 Å². The number of hydrogen-bond acceptors (Lipinski definition) is 4. The van der Waals surface area contributed by atoms with Crippen molar-refractivity contribution in [1.29, 1.82) is 0 Å². The molecule has 1 aromatic rings. The van der Waals surface area contributed by atoms with Crippen LogP contribution in [-0.2, 0) is 6.54 Å². The Hall–Kier alpha value is -1.29. The molecule has 1 aromatic heterocycles. The fourth-order valence-corrected chi connectivity index (χ4v) is 1.49. The first-order valence-electron chi connectivity index (χ1n) is 6.02. The molecule has 0 aromatic carbocycles. The highest BCUT2D eigenvalue weighted by Gasteiger charge is 2.25. The molecule has 1 heterocycles. The fraction of sp³-hybridized carbons (Fsp3) is 0.615. The number of ether oxygens (including phenoxy) is 2. The van der Waals surface area contributed by atoms with Crippen LogP contribution in [0.4, 0.5) is 0 Å². The average molecular weight is 236 g/mol. The van der Waals surface area contributed by atoms with Crippen molar-refractivity contribution in [2.24, 2.45) is 5.73 Å². The smallest absolute Gasteiger partial charge is 0.146 e. The zero-order chi connectivity index (χ0) is 12.5. The van der Waals surface area contributed by atoms with E-state index in [4.69, 9.17) is 15.2 Å². The van der Waals surface area contributed by atoms with Crippen LogP contribution in [0, 0.1) is 0 Å². The molecule has 0 amide bonds. The summed E-state index contributed by atoms with van der Waals surface area (Å²) in [6.07, 6.45) is 4.28. The van der Waals surface area contributed by atoms with E-state index in [0.717, 1.165) is 30.0 Å². The van der Waals surface area contributed by atoms with Gasteiger partial charge in [-0.05, 0) is 33.6 Å². The maximum Gasteiger partial charge on any atom is 0.146 e. The molecular weight excluding hydrogens is 216 g/mol. The van der Waals surface area contributed by atoms with E-state index in [1.54, 1.807) is 6.20 Å². The van der Waals surface area contributed by atoms with Crippen molar-refractivity contribution < 1.29 is 9.47 Å². The summed E-state index contributed by atoms with van der Waals surface area (Å²) in [5.41, 5.74) is 6.20. The summed E-state index contributed by atoms with van der Waals surface area (Å²) in [5.74, 6) is 1.49. The normalized spacial score (nSPS) is 15.8. The summed E-state index contributed by atoms with van der Waals surface area (Å²) in [7, 11) is 0. The SMILES string of the molecule is CC(C)(C)Oc1cnc(CN)c(OC2CC2)c1. The highest BCUT2D eigenvalue weighted by Crippen LogP contribution is 2.31. The molecule has 0 saturated heterocycles. The molecule has 4 heteroatoms. The second-order valence-electron chi connectivity index (χ2n) is 5.35. The molecular formula is C13H20N2O2. The van der Waals surface area contributed by atoms with Crippen molar-refractivity contribution in [3.63, 3.8) is 0 Å². The summed E-state index contributed by atoms with van der Waals surface area (Å²) in [4.78, 5) is 4.29. The molecule has 0 bridgehead atoms. The van der Waals surface area contributed by atoms with Gasteiger partial charge < -0.3 is 15.2 Å². The van der Waals surface area contributed by atoms with Crippen molar-refractivity contribution in [1.82, 2.24) is 4.98 Å². The van der Waals surface area contributed by atoms with Gasteiger partial charge in [-0.2, -0.15) is 0 Å². The van der Waals surface area contributed by atoms with E-state index >= 15 is 0 Å². The molecule has 94 valence electrons. The van der Waals surface area contributed by atoms with Crippen molar-refractivity contribution >= 4 is 0 Å². The maximum absolute atomic E-state index is 5.78. The van der Waals surface area contributed by atoms with Crippen LogP contribution >= 0.6 is 0 Å². The Morgan fingerprint density at radius 2 is 2.12 bits per heavy atom. The third kappa shape index (κ3) is 3.60. The molecule has 1 saturated carbocycles. The first-order valence-corrected chi connectivity index (χ1v) is 6.02. The van der Waals surface area contributed by atoms with Crippen LogP contribution in [0.1, 0.15) is 39.3 Å². The van der Waals surface area contributed by atoms with Crippen LogP contribution in [0.15, 0.2) is 12.3 Å². The quantitative estimate of drug-likeness (QED) is 0.871. The maximum atomic E-state index is 5.78. The zero-order valence-corrected chi connectivity index (χ0v) is 10.7. The number of aromatic nitrogens is 1. The Kier molecular flexibility index (Phi) is 3.24. The van der Waals surface area contributed by atoms with Crippen LogP contribution in [0.3, 0.4) is 0 Å². The summed E-state index contributed by atoms with van der Waals surface area (Å²) in [5, 5.41) is 0. The van der Waals surface area contributed by atoms with Crippen molar-refractivity contribution in [2.45, 2.75) is 51.9 Å². The van der Waals surface area contributed by atoms with Gasteiger partial charge in [0.1, 0.15) is 17.1 Å². The first kappa shape index (κ1) is 12.2. The number of nitrogens with zero attached hydrogens (tertiary/aromatic N) is 1. The van der Waals surface area contributed by atoms with Crippen molar-refractivity contribution in [3.05, 3.63) is 18.0 Å². The Morgan fingerprint density at radius 3 is 2.65 bits per heavy atom. The lowest BCUT2D eigenvalue weighted by molar-refractivity contribution is 0.129. The van der Waals surface area contributed by atoms with Gasteiger partial charge in [-0.3, -0.25) is 4.98 Å². The monoisotopic (exact) mass is 236 g/mol. The number of hydrogen-bond donors (Lipinski definition) is 1. The molecule has 2 rings (SSSR count). The van der Waals surface area contributed by atoms with E-state index in [2.05, 4.69) is 4.98 Å². The van der Waals surface area contributed by atoms with Crippen LogP contribution in [0.25, 0.3) is 0 Å². The minimum Gasteiger partial charge on any atom is -0.488 e. The second-order valence-corrected chi connectivity index (χ2v) is 5.35. The molecule has 17 heavy (non-hydrogen) atoms. The van der Waals surface area contributed by atoms with Gasteiger partial charge in [-0.15, -0.1) is 0 Å². The Morgan fingerprint density at radius 1 is 1.41 bits per heavy atom. The molecule has 2 N–H and O–H groups in total. The highest BCUT2D eigenvalue weighted by molar-refractivity contribution is 5.35. The predicted molar refractivity (Wildman–Crippen MR) is 66.2 cm³/mol. The lowest BCUT2D eigenvalue weighted by atomic mass is 10.2. The van der Waals surface area contributed by atoms with Gasteiger partial charge in [-0.25, -0.2) is 0 Å². The molecule has 4 nitrogen and oxygen atoms in total. The van der Waals surface area contributed by atoms with Gasteiger partial charge in [0.25, 0.3) is 0 Å². The van der Waals surface area contributed by atoms with Gasteiger partial charge in [0, 0.05) is 12.6 Å². The van der Waals surface area contributed by atoms with E-state index in [0.29, 0.717) is 12.6 Å². The average Bonchev–Trinajstić information content (AvgIpc) is 3.00. The van der Waals surface area contributed by atoms with Gasteiger partial charge in [-0.1, -0.05) is 0 Å². The summed E-state index contributed by atoms with van der Waals surface area (Å²) in [6.45, 7) is 6.40. The van der Waals surface area contributed by atoms with Gasteiger partial charge in [0.05, 0.1) is 18.0 Å². The van der Waals surface area contributed by atoms with E-state index < -0.39 is 0 Å². The van der Waals surface area contributed by atoms with Gasteiger partial charge in [0.15, 0.2) is 0 Å². The number of rotatable bonds is 4. The van der Waals surface area contributed by atoms with Crippen molar-refractivity contribution in [3.8, 4) is 11.5 Å². The molecule has 0 radical (unpaired) electrons. The molecule has 0 aliphatic heterocycles. The highest BCUT2D eigenvalue weighted by atomic mass is 16.5. The van der Waals surface area contributed by atoms with Crippen LogP contribution in [0.5, 0.6) is 11.5 Å². The third-order valence-electron chi connectivity index (χ3n) is 2.34. The molecule has 1 fully saturated rings. The minimum atomic E-state index is -0.233. The van der Waals surface area contributed by atoms with E-state index in [9.17, 15) is 0 Å². The van der Waals surface area contributed by atoms with E-state index in [1.807, 2.05) is 26.8 Å². The largest absolute Gasteiger partial charge is 0.488 e. The van der Waals surface area contributed by atoms with Gasteiger partial charge in [0.2, 0.25) is 0 Å². The lowest BCUT2D eigenvalue weighted by Gasteiger charge is -2.21. The van der Waals surface area contributed by atoms with E-state index in [-0.39, 0.29) is 5.60 Å². The predicted octanol–water partition coefficient (Wildman–Crippen LogP) is 2.26. The first-order chi connectivity index (χ1) is 7.98. The van der Waals surface area contributed by atoms with E-state index in [1.165, 1.54) is 0 Å². The zero-order valence-electron chi connectivity index (χ0n) is 10.7. The second kappa shape index (κ2) is 4.53. The van der Waals surface area contributed by atoms with Crippen LogP contribution in [0.2, 0.25) is 0 Å². The molecule has 0 atom stereocenters. The number of nitrogens with two attached hydrogens (primary N) is 1. The van der Waals surface area contributed by atoms with Crippen molar-refractivity contribution in [2.75, 3.05) is 0 Å². The lowest BCUT2D eigenvalue weighted by Crippen LogP contribution is -2.23. The number of pyridine rings is 1. The topological polar surface area (TPSA) is 57.4 Å². The summed E-state index contributed by atoms with van der Waals surface area (Å²) in [6, 6.07) is 1.89. The minimum absolute atomic E-state index is 0.233. The van der Waals surface area contributed by atoms with Gasteiger partial charge >= 0.3 is 0 Å². The van der Waals surface area contributed by atoms with Crippen LogP contribution < -0.4 is 15.2 Å². The molecule has 1 aliphatic carbocycles. The standard InChI is InChI=1S/C13H20N2O2/c1-13(2,3)17-10-6-12(16-9-4-5-9)11(7-14)15-8-10/h6,8-9H,4-5,7,14H2,1-3H3. The Bertz CT molecular complexity index is 395. The summed E-state index contributed by atoms with van der Waals surface area (Å²) < 4.78 is 11.5. The Labute approximate surface area is 102 Å². The third-order valence-corrected chi connectivity index (χ3v) is 2.34. The molecule has 0 spiro atoms. The molecule has 1 aliphatic rings. The fourth-order valence-electron chi connectivity index (χ4n) is 1.49. The Balaban J connectivity index is 2.17. The molecule has 0 unspecified atom stereocenters.